The number of fused-ring (bicyclic) bond motifs is 2. The summed E-state index contributed by atoms with van der Waals surface area (Å²) in [4.78, 5) is 97.6. The highest BCUT2D eigenvalue weighted by Crippen LogP contribution is 2.24. The van der Waals surface area contributed by atoms with Gasteiger partial charge in [-0.1, -0.05) is 42.5 Å². The third-order valence-electron chi connectivity index (χ3n) is 11.2. The van der Waals surface area contributed by atoms with Gasteiger partial charge in [-0.2, -0.15) is 0 Å². The molecule has 81 heavy (non-hydrogen) atoms. The first-order valence-electron chi connectivity index (χ1n) is 24.6. The average molecular weight is 1120 g/mol. The summed E-state index contributed by atoms with van der Waals surface area (Å²) in [6.07, 6.45) is 2.50. The summed E-state index contributed by atoms with van der Waals surface area (Å²) in [6.45, 7) is 0.0863. The molecule has 1 unspecified atom stereocenters. The zero-order valence-corrected chi connectivity index (χ0v) is 45.4. The van der Waals surface area contributed by atoms with Crippen LogP contribution >= 0.6 is 0 Å². The fourth-order valence-corrected chi connectivity index (χ4v) is 8.63. The predicted octanol–water partition coefficient (Wildman–Crippen LogP) is 3.67. The molecule has 24 heteroatoms. The number of ketones is 1. The summed E-state index contributed by atoms with van der Waals surface area (Å²) in [5.74, 6) is -1.78. The standard InChI is InChI=1S/C21H25N5O2S.C20H22N4O5.C16H15N3O4/c1-29(17-5-3-2-4-6-17)13-14-9-15-11-16(10-14)26-20(28)18(25-12-19(15)27)7-8-24-21(22)23;1-24(2)17(25)12-28-18(26)11-13-3-9-16(10-4-13)29-19(27)14-5-7-15(8-6-14)23-20(21)22;17-16(18)19-12-5-3-11(4-6-12)15(22)23-13-7-1-10(2-8-13)9-14(20)21/h2-6,9-11,18,25H,7-8,12-13H2,1H3,(H4-,22,23,24,26,28);3-10H,11-12H2,1-2H3,(H4,21,22,23);1-8H,9H2,(H,20,21)(H4,17,18,19)/p+1/t18-,29?;;/m0../s1. The molecule has 0 aromatic heterocycles. The number of nitrogens with two attached hydrogens (primary N) is 6. The van der Waals surface area contributed by atoms with Gasteiger partial charge in [0.2, 0.25) is 5.91 Å². The van der Waals surface area contributed by atoms with Gasteiger partial charge < -0.3 is 63.9 Å². The molecule has 6 aromatic rings. The maximum atomic E-state index is 12.7. The number of aliphatic imine (C=N–C) groups is 3. The summed E-state index contributed by atoms with van der Waals surface area (Å²) < 4.78 is 15.4. The van der Waals surface area contributed by atoms with Gasteiger partial charge in [0.25, 0.3) is 5.91 Å². The van der Waals surface area contributed by atoms with Gasteiger partial charge in [-0.15, -0.1) is 0 Å². The molecule has 0 saturated carbocycles. The van der Waals surface area contributed by atoms with Crippen LogP contribution in [0.1, 0.15) is 54.2 Å². The lowest BCUT2D eigenvalue weighted by Gasteiger charge is -2.16. The van der Waals surface area contributed by atoms with Crippen molar-refractivity contribution in [2.24, 2.45) is 49.4 Å². The molecule has 2 amide bonds. The van der Waals surface area contributed by atoms with Crippen LogP contribution in [0.4, 0.5) is 17.1 Å². The zero-order chi connectivity index (χ0) is 59.0. The van der Waals surface area contributed by atoms with E-state index in [-0.39, 0.29) is 72.4 Å². The summed E-state index contributed by atoms with van der Waals surface area (Å²) in [5, 5.41) is 14.6. The number of aliphatic carboxylic acids is 1. The minimum Gasteiger partial charge on any atom is -0.481 e. The number of benzene rings is 6. The maximum absolute atomic E-state index is 12.7. The number of likely N-dealkylation sites (N-methyl/N-ethyl adjacent to an activating group) is 1. The van der Waals surface area contributed by atoms with Crippen LogP contribution in [0.25, 0.3) is 0 Å². The molecule has 2 bridgehead atoms. The lowest BCUT2D eigenvalue weighted by molar-refractivity contribution is -0.150. The Bertz CT molecular complexity index is 3240. The monoisotopic (exact) mass is 1120 g/mol. The number of carboxylic acid groups (broad SMARTS) is 1. The first-order chi connectivity index (χ1) is 38.6. The van der Waals surface area contributed by atoms with Gasteiger partial charge in [-0.3, -0.25) is 34.3 Å². The number of hydrogen-bond donors (Lipinski definition) is 9. The largest absolute Gasteiger partial charge is 0.481 e. The van der Waals surface area contributed by atoms with Crippen LogP contribution in [0.5, 0.6) is 11.5 Å². The number of esters is 3. The van der Waals surface area contributed by atoms with Gasteiger partial charge in [0.15, 0.2) is 35.2 Å². The second-order valence-electron chi connectivity index (χ2n) is 17.9. The molecule has 422 valence electrons. The van der Waals surface area contributed by atoms with Crippen LogP contribution < -0.4 is 54.5 Å². The number of amides is 2. The SMILES string of the molecule is CN(C)C(=O)COC(=O)Cc1ccc(OC(=O)c2ccc(N=C(N)N)cc2)cc1.C[S+](Cc1cc2cc(c1)C(=O)CN[C@@H](CCN=C(N)N)C(=O)N2)c1ccccc1.NC(N)=Nc1ccc(C(=O)Oc2ccc(CC(=O)O)cc2)cc1. The maximum Gasteiger partial charge on any atom is 0.343 e. The van der Waals surface area contributed by atoms with E-state index in [0.717, 1.165) is 11.3 Å². The second-order valence-corrected chi connectivity index (χ2v) is 19.9. The zero-order valence-electron chi connectivity index (χ0n) is 44.6. The smallest absolute Gasteiger partial charge is 0.343 e. The Kier molecular flexibility index (Phi) is 23.5. The molecule has 2 atom stereocenters. The lowest BCUT2D eigenvalue weighted by Crippen LogP contribution is -2.42. The number of anilines is 1. The molecular formula is C57H63N12O11S+. The Morgan fingerprint density at radius 3 is 1.65 bits per heavy atom. The van der Waals surface area contributed by atoms with Crippen molar-refractivity contribution in [3.8, 4) is 11.5 Å². The van der Waals surface area contributed by atoms with Gasteiger partial charge in [-0.25, -0.2) is 19.6 Å². The number of hydrogen-bond acceptors (Lipinski definition) is 14. The Morgan fingerprint density at radius 1 is 0.654 bits per heavy atom. The average Bonchev–Trinajstić information content (AvgIpc) is 3.49. The second kappa shape index (κ2) is 30.8. The van der Waals surface area contributed by atoms with Crippen LogP contribution in [0.2, 0.25) is 0 Å². The number of rotatable bonds is 18. The number of nitrogens with one attached hydrogen (secondary N) is 2. The van der Waals surface area contributed by atoms with Crippen molar-refractivity contribution in [3.05, 3.63) is 179 Å². The molecule has 6 aromatic carbocycles. The molecule has 0 spiro atoms. The Morgan fingerprint density at radius 2 is 1.17 bits per heavy atom. The van der Waals surface area contributed by atoms with Crippen molar-refractivity contribution in [2.75, 3.05) is 45.4 Å². The van der Waals surface area contributed by atoms with E-state index in [1.165, 1.54) is 9.80 Å². The normalized spacial score (nSPS) is 12.7. The van der Waals surface area contributed by atoms with Crippen molar-refractivity contribution < 1.29 is 52.9 Å². The van der Waals surface area contributed by atoms with E-state index in [0.29, 0.717) is 69.3 Å². The Hall–Kier alpha value is -10.1. The van der Waals surface area contributed by atoms with E-state index >= 15 is 0 Å². The number of ether oxygens (including phenoxy) is 3. The molecule has 1 aliphatic rings. The fraction of sp³-hybridized carbons (Fsp3) is 0.193. The van der Waals surface area contributed by atoms with Crippen LogP contribution in [-0.2, 0) is 53.4 Å². The van der Waals surface area contributed by atoms with E-state index in [2.05, 4.69) is 44.0 Å². The molecule has 0 saturated heterocycles. The van der Waals surface area contributed by atoms with Crippen molar-refractivity contribution in [3.63, 3.8) is 0 Å². The topological polar surface area (TPSA) is 388 Å². The summed E-state index contributed by atoms with van der Waals surface area (Å²) in [7, 11) is 3.15. The van der Waals surface area contributed by atoms with Gasteiger partial charge in [0, 0.05) is 48.3 Å². The van der Waals surface area contributed by atoms with Crippen molar-refractivity contribution in [2.45, 2.75) is 36.0 Å². The van der Waals surface area contributed by atoms with E-state index < -0.39 is 29.9 Å². The summed E-state index contributed by atoms with van der Waals surface area (Å²) >= 11 is 0. The minimum atomic E-state index is -0.921. The number of carbonyl (C=O) groups excluding carboxylic acids is 6. The highest BCUT2D eigenvalue weighted by molar-refractivity contribution is 7.95. The molecule has 7 rings (SSSR count). The van der Waals surface area contributed by atoms with Gasteiger partial charge in [-0.05, 0) is 121 Å². The molecule has 0 aliphatic carbocycles. The van der Waals surface area contributed by atoms with E-state index in [1.807, 2.05) is 30.3 Å². The van der Waals surface area contributed by atoms with Gasteiger partial charge >= 0.3 is 23.9 Å². The number of guanidine groups is 3. The van der Waals surface area contributed by atoms with Gasteiger partial charge in [0.1, 0.15) is 23.5 Å². The minimum absolute atomic E-state index is 0.00118. The van der Waals surface area contributed by atoms with Crippen molar-refractivity contribution >= 4 is 87.3 Å². The quantitative estimate of drug-likeness (QED) is 0.0195. The summed E-state index contributed by atoms with van der Waals surface area (Å²) in [6, 6.07) is 40.6. The number of Topliss-reactive ketones (excluding diaryl/α,β-unsaturated/α-hetero) is 1. The summed E-state index contributed by atoms with van der Waals surface area (Å²) in [5.41, 5.74) is 37.1. The molecule has 1 aliphatic heterocycles. The van der Waals surface area contributed by atoms with Crippen LogP contribution in [0, 0.1) is 0 Å². The van der Waals surface area contributed by atoms with E-state index in [9.17, 15) is 33.6 Å². The van der Waals surface area contributed by atoms with E-state index in [4.69, 9.17) is 53.7 Å². The Labute approximate surface area is 469 Å². The third-order valence-corrected chi connectivity index (χ3v) is 13.0. The molecule has 23 nitrogen and oxygen atoms in total. The third kappa shape index (κ3) is 21.7. The highest BCUT2D eigenvalue weighted by Gasteiger charge is 2.24. The van der Waals surface area contributed by atoms with Crippen LogP contribution in [0.3, 0.4) is 0 Å². The van der Waals surface area contributed by atoms with Crippen LogP contribution in [0.15, 0.2) is 165 Å². The van der Waals surface area contributed by atoms with Gasteiger partial charge in [0.05, 0.1) is 47.9 Å². The first-order valence-corrected chi connectivity index (χ1v) is 26.4. The number of nitrogens with zero attached hydrogens (tertiary/aromatic N) is 4. The molecule has 15 N–H and O–H groups in total. The van der Waals surface area contributed by atoms with Crippen molar-refractivity contribution in [1.29, 1.82) is 0 Å². The molecule has 0 fully saturated rings. The molecular weight excluding hydrogens is 1060 g/mol. The molecule has 1 heterocycles. The van der Waals surface area contributed by atoms with Crippen LogP contribution in [-0.4, -0.2) is 115 Å². The highest BCUT2D eigenvalue weighted by atomic mass is 32.2. The first kappa shape index (κ1) is 61.8. The Balaban J connectivity index is 0.000000225. The number of carboxylic acids is 1. The lowest BCUT2D eigenvalue weighted by atomic mass is 10.1. The molecule has 0 radical (unpaired) electrons. The fourth-order valence-electron chi connectivity index (χ4n) is 7.18. The van der Waals surface area contributed by atoms with Crippen molar-refractivity contribution in [1.82, 2.24) is 10.2 Å². The number of carbonyl (C=O) groups is 7. The predicted molar refractivity (Wildman–Crippen MR) is 310 cm³/mol. The van der Waals surface area contributed by atoms with E-state index in [1.54, 1.807) is 117 Å².